The monoisotopic (exact) mass is 540 g/mol. The van der Waals surface area contributed by atoms with Crippen molar-refractivity contribution in [2.75, 3.05) is 0 Å². The van der Waals surface area contributed by atoms with Crippen molar-refractivity contribution in [2.45, 2.75) is 37.4 Å². The Balaban J connectivity index is 2.16. The van der Waals surface area contributed by atoms with E-state index < -0.39 is 47.9 Å². The van der Waals surface area contributed by atoms with Gasteiger partial charge < -0.3 is 0 Å². The van der Waals surface area contributed by atoms with E-state index in [1.807, 2.05) is 74.5 Å². The number of nitrogens with two attached hydrogens (primary N) is 1. The summed E-state index contributed by atoms with van der Waals surface area (Å²) in [4.78, 5) is 37.4. The molecule has 2 atom stereocenters. The second-order valence-corrected chi connectivity index (χ2v) is 11.8. The van der Waals surface area contributed by atoms with E-state index in [0.717, 1.165) is 11.1 Å². The van der Waals surface area contributed by atoms with Gasteiger partial charge in [0.2, 0.25) is 0 Å². The Kier molecular flexibility index (Phi) is 9.93. The van der Waals surface area contributed by atoms with Crippen LogP contribution in [-0.2, 0) is 25.4 Å². The van der Waals surface area contributed by atoms with Crippen LogP contribution in [0, 0.1) is 11.8 Å². The van der Waals surface area contributed by atoms with Crippen LogP contribution in [0.15, 0.2) is 60.7 Å². The molecule has 0 aromatic heterocycles. The van der Waals surface area contributed by atoms with Crippen molar-refractivity contribution in [2.24, 2.45) is 17.6 Å². The Morgan fingerprint density at radius 1 is 1.00 bits per heavy atom. The number of rotatable bonds is 11. The summed E-state index contributed by atoms with van der Waals surface area (Å²) in [5.41, 5.74) is 6.98. The molecule has 0 saturated heterocycles. The number of hydrogen-bond donors (Lipinski definition) is 3. The van der Waals surface area contributed by atoms with Crippen LogP contribution in [0.5, 0.6) is 0 Å². The van der Waals surface area contributed by atoms with Crippen molar-refractivity contribution in [3.8, 4) is 0 Å². The zero-order chi connectivity index (χ0) is 22.8. The Bertz CT molecular complexity index is 861. The first-order valence-corrected chi connectivity index (χ1v) is 13.6. The van der Waals surface area contributed by atoms with Gasteiger partial charge in [-0.15, -0.1) is 0 Å². The normalized spacial score (nSPS) is 13.2. The first-order valence-electron chi connectivity index (χ1n) is 9.96. The van der Waals surface area contributed by atoms with Crippen molar-refractivity contribution < 1.29 is 24.2 Å². The van der Waals surface area contributed by atoms with E-state index in [1.54, 1.807) is 0 Å². The Morgan fingerprint density at radius 2 is 1.55 bits per heavy atom. The summed E-state index contributed by atoms with van der Waals surface area (Å²) in [5.74, 6) is -2.48. The molecule has 7 nitrogen and oxygen atoms in total. The maximum atomic E-state index is 13.0. The second-order valence-electron chi connectivity index (χ2n) is 7.53. The van der Waals surface area contributed by atoms with Crippen molar-refractivity contribution in [1.82, 2.24) is 3.53 Å². The number of carbonyl (C=O) groups is 3. The average Bonchev–Trinajstić information content (AvgIpc) is 2.76. The third-order valence-corrected chi connectivity index (χ3v) is 8.65. The predicted molar refractivity (Wildman–Crippen MR) is 127 cm³/mol. The fourth-order valence-electron chi connectivity index (χ4n) is 2.90. The van der Waals surface area contributed by atoms with E-state index in [0.29, 0.717) is 4.43 Å². The van der Waals surface area contributed by atoms with Gasteiger partial charge in [-0.3, -0.25) is 0 Å². The summed E-state index contributed by atoms with van der Waals surface area (Å²) >= 11 is -2.87. The third kappa shape index (κ3) is 8.29. The van der Waals surface area contributed by atoms with Gasteiger partial charge in [-0.1, -0.05) is 0 Å². The molecular formula is C23H29IN2O5. The van der Waals surface area contributed by atoms with Crippen LogP contribution < -0.4 is 9.26 Å². The Labute approximate surface area is 190 Å². The molecule has 0 aliphatic heterocycles. The molecule has 0 fully saturated rings. The van der Waals surface area contributed by atoms with Crippen LogP contribution in [0.2, 0.25) is 0 Å². The van der Waals surface area contributed by atoms with Gasteiger partial charge in [-0.05, 0) is 0 Å². The number of aliphatic hydroxyl groups excluding tert-OH is 1. The summed E-state index contributed by atoms with van der Waals surface area (Å²) in [6, 6.07) is 18.6. The molecule has 2 unspecified atom stereocenters. The zero-order valence-electron chi connectivity index (χ0n) is 17.7. The number of primary amides is 1. The molecule has 2 rings (SSSR count). The summed E-state index contributed by atoms with van der Waals surface area (Å²) in [6.45, 7) is 3.86. The van der Waals surface area contributed by atoms with Crippen molar-refractivity contribution in [1.29, 1.82) is 0 Å². The van der Waals surface area contributed by atoms with Crippen molar-refractivity contribution in [3.05, 3.63) is 71.8 Å². The second kappa shape index (κ2) is 12.4. The molecule has 2 aromatic rings. The quantitative estimate of drug-likeness (QED) is 0.174. The molecule has 0 heterocycles. The van der Waals surface area contributed by atoms with E-state index in [2.05, 4.69) is 3.53 Å². The molecule has 2 amide bonds. The van der Waals surface area contributed by atoms with Crippen LogP contribution in [0.3, 0.4) is 0 Å². The molecule has 0 spiro atoms. The first kappa shape index (κ1) is 24.8. The van der Waals surface area contributed by atoms with Crippen molar-refractivity contribution in [3.63, 3.8) is 0 Å². The minimum atomic E-state index is -2.87. The van der Waals surface area contributed by atoms with E-state index in [4.69, 9.17) is 10.5 Å². The summed E-state index contributed by atoms with van der Waals surface area (Å²) < 4.78 is 8.24. The van der Waals surface area contributed by atoms with E-state index in [-0.39, 0.29) is 18.9 Å². The van der Waals surface area contributed by atoms with Crippen LogP contribution >= 0.6 is 20.1 Å². The van der Waals surface area contributed by atoms with Crippen molar-refractivity contribution >= 4 is 35.9 Å². The van der Waals surface area contributed by atoms with E-state index in [1.165, 1.54) is 0 Å². The fourth-order valence-corrected chi connectivity index (χ4v) is 6.58. The molecule has 0 radical (unpaired) electrons. The number of carbonyl (C=O) groups excluding carboxylic acids is 3. The first-order chi connectivity index (χ1) is 14.8. The topological polar surface area (TPSA) is 119 Å². The van der Waals surface area contributed by atoms with Gasteiger partial charge in [0.1, 0.15) is 0 Å². The molecule has 0 aliphatic rings. The summed E-state index contributed by atoms with van der Waals surface area (Å²) in [5, 5.41) is 10.2. The molecule has 2 aromatic carbocycles. The van der Waals surface area contributed by atoms with Gasteiger partial charge in [0.25, 0.3) is 0 Å². The third-order valence-electron chi connectivity index (χ3n) is 4.45. The summed E-state index contributed by atoms with van der Waals surface area (Å²) in [7, 11) is 0. The number of aliphatic hydroxyl groups is 1. The fraction of sp³-hybridized carbons (Fsp3) is 0.348. The van der Waals surface area contributed by atoms with Crippen LogP contribution in [-0.4, -0.2) is 27.0 Å². The molecule has 0 aliphatic carbocycles. The zero-order valence-corrected chi connectivity index (χ0v) is 19.8. The standard InChI is InChI=1S/C23H29IN2O5/c1-16(2)13-19(20(27)21(25)28)22(29)26-24(14-17-9-5-3-6-10-17)23(30)31-15-18-11-7-4-8-12-18/h3-12,16,19-20,27H,13-15H2,1-2H3,(H2,25,28)(H,26,29). The van der Waals surface area contributed by atoms with E-state index >= 15 is 0 Å². The molecule has 0 bridgehead atoms. The van der Waals surface area contributed by atoms with Gasteiger partial charge in [-0.2, -0.15) is 0 Å². The number of benzene rings is 2. The molecule has 31 heavy (non-hydrogen) atoms. The molecule has 0 saturated carbocycles. The SMILES string of the molecule is CC(C)CC(C(=O)NI(Cc1ccccc1)C(=O)OCc1ccccc1)C(O)C(N)=O. The summed E-state index contributed by atoms with van der Waals surface area (Å²) in [6.07, 6.45) is -1.35. The Morgan fingerprint density at radius 3 is 2.06 bits per heavy atom. The number of ether oxygens (including phenoxy) is 1. The minimum absolute atomic E-state index is 0.0474. The van der Waals surface area contributed by atoms with Gasteiger partial charge in [0, 0.05) is 0 Å². The van der Waals surface area contributed by atoms with Gasteiger partial charge in [0.15, 0.2) is 0 Å². The molecule has 4 N–H and O–H groups in total. The Hall–Kier alpha value is -2.46. The van der Waals surface area contributed by atoms with Gasteiger partial charge >= 0.3 is 190 Å². The number of alkyl halides is 1. The molecular weight excluding hydrogens is 511 g/mol. The number of amides is 2. The van der Waals surface area contributed by atoms with Crippen LogP contribution in [0.4, 0.5) is 4.79 Å². The van der Waals surface area contributed by atoms with Gasteiger partial charge in [0.05, 0.1) is 0 Å². The van der Waals surface area contributed by atoms with Crippen LogP contribution in [0.1, 0.15) is 31.4 Å². The predicted octanol–water partition coefficient (Wildman–Crippen LogP) is 3.57. The number of hydrogen-bond acceptors (Lipinski definition) is 5. The molecule has 8 heteroatoms. The van der Waals surface area contributed by atoms with Crippen LogP contribution in [0.25, 0.3) is 0 Å². The number of nitrogens with one attached hydrogen (secondary N) is 1. The number of halogens is 1. The average molecular weight is 540 g/mol. The van der Waals surface area contributed by atoms with Gasteiger partial charge in [-0.25, -0.2) is 0 Å². The molecule has 168 valence electrons. The van der Waals surface area contributed by atoms with E-state index in [9.17, 15) is 19.5 Å². The maximum absolute atomic E-state index is 13.0.